The lowest BCUT2D eigenvalue weighted by atomic mass is 10.1. The molecule has 1 amide bonds. The number of rotatable bonds is 6. The Morgan fingerprint density at radius 2 is 1.86 bits per heavy atom. The molecular weight excluding hydrogens is 378 g/mol. The summed E-state index contributed by atoms with van der Waals surface area (Å²) in [6.45, 7) is 7.85. The van der Waals surface area contributed by atoms with E-state index in [1.165, 1.54) is 0 Å². The molecular formula is C21H27NO5S. The summed E-state index contributed by atoms with van der Waals surface area (Å²) in [4.78, 5) is 14.6. The molecule has 152 valence electrons. The SMILES string of the molecule is Cc1cc(C)c(OCC(=O)N(Cc2ccc(C)o2)C2CCS(=O)(=O)C2)c(C)c1. The quantitative estimate of drug-likeness (QED) is 0.738. The highest BCUT2D eigenvalue weighted by atomic mass is 32.2. The zero-order valence-corrected chi connectivity index (χ0v) is 17.6. The molecule has 0 aliphatic carbocycles. The molecule has 1 aliphatic heterocycles. The first-order valence-corrected chi connectivity index (χ1v) is 11.2. The Kier molecular flexibility index (Phi) is 5.84. The van der Waals surface area contributed by atoms with Crippen LogP contribution in [0, 0.1) is 27.7 Å². The second-order valence-electron chi connectivity index (χ2n) is 7.61. The summed E-state index contributed by atoms with van der Waals surface area (Å²) in [6, 6.07) is 7.32. The summed E-state index contributed by atoms with van der Waals surface area (Å²) in [5.74, 6) is 1.94. The van der Waals surface area contributed by atoms with E-state index in [2.05, 4.69) is 0 Å². The third kappa shape index (κ3) is 4.76. The van der Waals surface area contributed by atoms with E-state index in [1.807, 2.05) is 52.0 Å². The summed E-state index contributed by atoms with van der Waals surface area (Å²) >= 11 is 0. The molecule has 7 heteroatoms. The molecule has 1 aromatic heterocycles. The number of benzene rings is 1. The molecule has 0 radical (unpaired) electrons. The van der Waals surface area contributed by atoms with Gasteiger partial charge in [-0.05, 0) is 57.4 Å². The van der Waals surface area contributed by atoms with Crippen molar-refractivity contribution in [1.82, 2.24) is 4.90 Å². The second kappa shape index (κ2) is 7.99. The van der Waals surface area contributed by atoms with E-state index in [-0.39, 0.29) is 36.6 Å². The summed E-state index contributed by atoms with van der Waals surface area (Å²) < 4.78 is 35.3. The number of sulfone groups is 1. The van der Waals surface area contributed by atoms with Crippen molar-refractivity contribution in [2.45, 2.75) is 46.7 Å². The molecule has 2 aromatic rings. The topological polar surface area (TPSA) is 76.8 Å². The van der Waals surface area contributed by atoms with Gasteiger partial charge >= 0.3 is 0 Å². The molecule has 1 aliphatic rings. The molecule has 0 spiro atoms. The molecule has 1 unspecified atom stereocenters. The van der Waals surface area contributed by atoms with Crippen molar-refractivity contribution < 1.29 is 22.4 Å². The molecule has 0 saturated carbocycles. The minimum absolute atomic E-state index is 0.0129. The van der Waals surface area contributed by atoms with E-state index >= 15 is 0 Å². The van der Waals surface area contributed by atoms with E-state index < -0.39 is 9.84 Å². The van der Waals surface area contributed by atoms with Crippen molar-refractivity contribution >= 4 is 15.7 Å². The van der Waals surface area contributed by atoms with Crippen molar-refractivity contribution in [2.75, 3.05) is 18.1 Å². The van der Waals surface area contributed by atoms with E-state index in [9.17, 15) is 13.2 Å². The fraction of sp³-hybridized carbons (Fsp3) is 0.476. The molecule has 1 atom stereocenters. The highest BCUT2D eigenvalue weighted by molar-refractivity contribution is 7.91. The first-order valence-electron chi connectivity index (χ1n) is 9.40. The first-order chi connectivity index (χ1) is 13.1. The van der Waals surface area contributed by atoms with E-state index in [0.717, 1.165) is 22.5 Å². The van der Waals surface area contributed by atoms with Crippen LogP contribution in [-0.4, -0.2) is 43.4 Å². The molecule has 2 heterocycles. The van der Waals surface area contributed by atoms with Crippen LogP contribution in [0.15, 0.2) is 28.7 Å². The standard InChI is InChI=1S/C21H27NO5S/c1-14-9-15(2)21(16(3)10-14)26-12-20(23)22(11-19-6-5-17(4)27-19)18-7-8-28(24,25)13-18/h5-6,9-10,18H,7-8,11-13H2,1-4H3. The van der Waals surface area contributed by atoms with Crippen molar-refractivity contribution in [2.24, 2.45) is 0 Å². The molecule has 0 bridgehead atoms. The lowest BCUT2D eigenvalue weighted by Crippen LogP contribution is -2.43. The highest BCUT2D eigenvalue weighted by Crippen LogP contribution is 2.25. The zero-order valence-electron chi connectivity index (χ0n) is 16.8. The number of aryl methyl sites for hydroxylation is 4. The van der Waals surface area contributed by atoms with Gasteiger partial charge in [0.05, 0.1) is 18.1 Å². The van der Waals surface area contributed by atoms with Crippen LogP contribution in [0.25, 0.3) is 0 Å². The van der Waals surface area contributed by atoms with Crippen molar-refractivity contribution in [3.05, 3.63) is 52.5 Å². The van der Waals surface area contributed by atoms with Gasteiger partial charge < -0.3 is 14.1 Å². The number of carbonyl (C=O) groups excluding carboxylic acids is 1. The number of amides is 1. The Morgan fingerprint density at radius 1 is 1.18 bits per heavy atom. The number of hydrogen-bond acceptors (Lipinski definition) is 5. The van der Waals surface area contributed by atoms with Crippen molar-refractivity contribution in [1.29, 1.82) is 0 Å². The minimum Gasteiger partial charge on any atom is -0.483 e. The monoisotopic (exact) mass is 405 g/mol. The van der Waals surface area contributed by atoms with Crippen LogP contribution in [0.5, 0.6) is 5.75 Å². The van der Waals surface area contributed by atoms with Crippen molar-refractivity contribution in [3.8, 4) is 5.75 Å². The van der Waals surface area contributed by atoms with Gasteiger partial charge in [-0.1, -0.05) is 17.7 Å². The van der Waals surface area contributed by atoms with Crippen LogP contribution in [0.1, 0.15) is 34.6 Å². The number of carbonyl (C=O) groups is 1. The molecule has 1 saturated heterocycles. The van der Waals surface area contributed by atoms with E-state index in [1.54, 1.807) is 4.90 Å². The number of furan rings is 1. The molecule has 28 heavy (non-hydrogen) atoms. The molecule has 1 fully saturated rings. The smallest absolute Gasteiger partial charge is 0.261 e. The summed E-state index contributed by atoms with van der Waals surface area (Å²) in [6.07, 6.45) is 0.441. The van der Waals surface area contributed by atoms with Gasteiger partial charge in [-0.2, -0.15) is 0 Å². The maximum Gasteiger partial charge on any atom is 0.261 e. The van der Waals surface area contributed by atoms with E-state index in [4.69, 9.17) is 9.15 Å². The minimum atomic E-state index is -3.11. The Hall–Kier alpha value is -2.28. The van der Waals surface area contributed by atoms with Crippen LogP contribution >= 0.6 is 0 Å². The van der Waals surface area contributed by atoms with Gasteiger partial charge in [0.15, 0.2) is 16.4 Å². The molecule has 6 nitrogen and oxygen atoms in total. The van der Waals surface area contributed by atoms with Gasteiger partial charge in [0.1, 0.15) is 17.3 Å². The van der Waals surface area contributed by atoms with Crippen LogP contribution in [0.4, 0.5) is 0 Å². The van der Waals surface area contributed by atoms with Gasteiger partial charge in [0.2, 0.25) is 0 Å². The third-order valence-corrected chi connectivity index (χ3v) is 6.79. The summed E-state index contributed by atoms with van der Waals surface area (Å²) in [5.41, 5.74) is 3.09. The number of ether oxygens (including phenoxy) is 1. The van der Waals surface area contributed by atoms with Gasteiger partial charge in [0.25, 0.3) is 5.91 Å². The summed E-state index contributed by atoms with van der Waals surface area (Å²) in [7, 11) is -3.11. The fourth-order valence-corrected chi connectivity index (χ4v) is 5.52. The van der Waals surface area contributed by atoms with Gasteiger partial charge in [-0.3, -0.25) is 4.79 Å². The maximum atomic E-state index is 13.0. The predicted octanol–water partition coefficient (Wildman–Crippen LogP) is 3.11. The molecule has 1 aromatic carbocycles. The second-order valence-corrected chi connectivity index (χ2v) is 9.84. The van der Waals surface area contributed by atoms with Crippen LogP contribution in [0.2, 0.25) is 0 Å². The largest absolute Gasteiger partial charge is 0.483 e. The van der Waals surface area contributed by atoms with Crippen LogP contribution in [-0.2, 0) is 21.2 Å². The van der Waals surface area contributed by atoms with Gasteiger partial charge in [0, 0.05) is 6.04 Å². The Morgan fingerprint density at radius 3 is 2.39 bits per heavy atom. The molecule has 0 N–H and O–H groups in total. The average Bonchev–Trinajstić information content (AvgIpc) is 3.16. The highest BCUT2D eigenvalue weighted by Gasteiger charge is 2.35. The van der Waals surface area contributed by atoms with Crippen molar-refractivity contribution in [3.63, 3.8) is 0 Å². The van der Waals surface area contributed by atoms with E-state index in [0.29, 0.717) is 17.9 Å². The van der Waals surface area contributed by atoms with Gasteiger partial charge in [-0.15, -0.1) is 0 Å². The zero-order chi connectivity index (χ0) is 20.5. The summed E-state index contributed by atoms with van der Waals surface area (Å²) in [5, 5.41) is 0. The fourth-order valence-electron chi connectivity index (χ4n) is 3.79. The van der Waals surface area contributed by atoms with Gasteiger partial charge in [-0.25, -0.2) is 8.42 Å². The Bertz CT molecular complexity index is 953. The average molecular weight is 406 g/mol. The molecule has 3 rings (SSSR count). The Labute approximate surface area is 166 Å². The first kappa shape index (κ1) is 20.5. The number of nitrogens with zero attached hydrogens (tertiary/aromatic N) is 1. The Balaban J connectivity index is 1.76. The van der Waals surface area contributed by atoms with Crippen LogP contribution < -0.4 is 4.74 Å². The van der Waals surface area contributed by atoms with Crippen LogP contribution in [0.3, 0.4) is 0 Å². The predicted molar refractivity (Wildman–Crippen MR) is 107 cm³/mol. The lowest BCUT2D eigenvalue weighted by Gasteiger charge is -2.27. The normalized spacial score (nSPS) is 18.2. The number of hydrogen-bond donors (Lipinski definition) is 0. The third-order valence-electron chi connectivity index (χ3n) is 5.04. The lowest BCUT2D eigenvalue weighted by molar-refractivity contribution is -0.136. The maximum absolute atomic E-state index is 13.0.